The van der Waals surface area contributed by atoms with Crippen LogP contribution >= 0.6 is 0 Å². The van der Waals surface area contributed by atoms with Crippen LogP contribution < -0.4 is 10.1 Å². The van der Waals surface area contributed by atoms with Gasteiger partial charge < -0.3 is 15.0 Å². The molecule has 1 aliphatic carbocycles. The van der Waals surface area contributed by atoms with Crippen LogP contribution in [-0.2, 0) is 4.79 Å². The molecule has 24 heavy (non-hydrogen) atoms. The molecule has 126 valence electrons. The molecule has 1 N–H and O–H groups in total. The van der Waals surface area contributed by atoms with Crippen LogP contribution in [0.3, 0.4) is 0 Å². The van der Waals surface area contributed by atoms with E-state index in [1.165, 1.54) is 0 Å². The summed E-state index contributed by atoms with van der Waals surface area (Å²) in [6.07, 6.45) is 2.12. The summed E-state index contributed by atoms with van der Waals surface area (Å²) in [6, 6.07) is 7.36. The van der Waals surface area contributed by atoms with Crippen molar-refractivity contribution >= 4 is 11.9 Å². The van der Waals surface area contributed by atoms with Crippen LogP contribution in [-0.4, -0.2) is 48.0 Å². The second-order valence-corrected chi connectivity index (χ2v) is 6.47. The fourth-order valence-electron chi connectivity index (χ4n) is 3.44. The molecule has 1 aromatic rings. The first-order valence-electron chi connectivity index (χ1n) is 8.41. The van der Waals surface area contributed by atoms with E-state index in [1.807, 2.05) is 36.1 Å². The molecule has 1 aromatic carbocycles. The van der Waals surface area contributed by atoms with Gasteiger partial charge in [0.15, 0.2) is 0 Å². The Bertz CT molecular complexity index is 722. The summed E-state index contributed by atoms with van der Waals surface area (Å²) < 4.78 is 5.47. The summed E-state index contributed by atoms with van der Waals surface area (Å²) in [5.74, 6) is 0.838. The number of hydrogen-bond donors (Lipinski definition) is 1. The third kappa shape index (κ3) is 2.33. The van der Waals surface area contributed by atoms with Gasteiger partial charge in [0, 0.05) is 13.1 Å². The Kier molecular flexibility index (Phi) is 3.48. The average molecular weight is 327 g/mol. The summed E-state index contributed by atoms with van der Waals surface area (Å²) >= 11 is 0. The molecule has 2 heterocycles. The van der Waals surface area contributed by atoms with E-state index in [1.54, 1.807) is 11.9 Å². The average Bonchev–Trinajstić information content (AvgIpc) is 3.36. The maximum Gasteiger partial charge on any atom is 0.322 e. The van der Waals surface area contributed by atoms with E-state index in [0.29, 0.717) is 24.8 Å². The highest BCUT2D eigenvalue weighted by atomic mass is 16.5. The number of hydrogen-bond acceptors (Lipinski definition) is 3. The molecule has 0 radical (unpaired) electrons. The van der Waals surface area contributed by atoms with Crippen molar-refractivity contribution in [3.63, 3.8) is 0 Å². The molecule has 3 aliphatic rings. The second-order valence-electron chi connectivity index (χ2n) is 6.47. The fourth-order valence-corrected chi connectivity index (χ4v) is 3.44. The van der Waals surface area contributed by atoms with E-state index in [-0.39, 0.29) is 11.9 Å². The zero-order valence-electron chi connectivity index (χ0n) is 13.9. The molecule has 2 aliphatic heterocycles. The summed E-state index contributed by atoms with van der Waals surface area (Å²) in [5.41, 5.74) is 2.43. The lowest BCUT2D eigenvalue weighted by atomic mass is 9.95. The Morgan fingerprint density at radius 1 is 1.21 bits per heavy atom. The molecule has 3 amide bonds. The van der Waals surface area contributed by atoms with Gasteiger partial charge in [0.25, 0.3) is 5.91 Å². The topological polar surface area (TPSA) is 61.9 Å². The van der Waals surface area contributed by atoms with E-state index >= 15 is 0 Å². The summed E-state index contributed by atoms with van der Waals surface area (Å²) in [7, 11) is 1.72. The third-order valence-electron chi connectivity index (χ3n) is 4.90. The SMILES string of the molecule is CCOc1ccc(C2NC(=O)N(C)C3=C2C(=O)N(C2CC2)C3)cc1. The van der Waals surface area contributed by atoms with E-state index in [2.05, 4.69) is 5.32 Å². The Hall–Kier alpha value is -2.50. The molecular formula is C18H21N3O3. The summed E-state index contributed by atoms with van der Waals surface area (Å²) in [6.45, 7) is 3.08. The zero-order valence-corrected chi connectivity index (χ0v) is 13.9. The van der Waals surface area contributed by atoms with E-state index < -0.39 is 6.04 Å². The van der Waals surface area contributed by atoms with Gasteiger partial charge >= 0.3 is 6.03 Å². The lowest BCUT2D eigenvalue weighted by molar-refractivity contribution is -0.126. The molecule has 0 bridgehead atoms. The highest BCUT2D eigenvalue weighted by molar-refractivity contribution is 6.01. The Labute approximate surface area is 141 Å². The van der Waals surface area contributed by atoms with Gasteiger partial charge in [-0.1, -0.05) is 12.1 Å². The number of rotatable bonds is 4. The number of benzene rings is 1. The molecule has 0 saturated heterocycles. The molecule has 0 aromatic heterocycles. The number of urea groups is 1. The van der Waals surface area contributed by atoms with Crippen LogP contribution in [0.5, 0.6) is 5.75 Å². The van der Waals surface area contributed by atoms with Crippen LogP contribution in [0.1, 0.15) is 31.4 Å². The summed E-state index contributed by atoms with van der Waals surface area (Å²) in [5, 5.41) is 2.96. The number of amides is 3. The van der Waals surface area contributed by atoms with E-state index in [4.69, 9.17) is 4.74 Å². The van der Waals surface area contributed by atoms with Crippen molar-refractivity contribution < 1.29 is 14.3 Å². The van der Waals surface area contributed by atoms with Crippen molar-refractivity contribution in [2.45, 2.75) is 31.8 Å². The van der Waals surface area contributed by atoms with Gasteiger partial charge in [0.05, 0.1) is 30.5 Å². The first kappa shape index (κ1) is 15.1. The molecular weight excluding hydrogens is 306 g/mol. The Balaban J connectivity index is 1.69. The highest BCUT2D eigenvalue weighted by Crippen LogP contribution is 2.40. The van der Waals surface area contributed by atoms with E-state index in [0.717, 1.165) is 29.9 Å². The van der Waals surface area contributed by atoms with Gasteiger partial charge in [-0.15, -0.1) is 0 Å². The standard InChI is InChI=1S/C18H21N3O3/c1-3-24-13-8-4-11(5-9-13)16-15-14(20(2)18(23)19-16)10-21(17(15)22)12-6-7-12/h4-5,8-9,12,16H,3,6-7,10H2,1-2H3,(H,19,23). The molecule has 6 heteroatoms. The normalized spacial score (nSPS) is 23.5. The lowest BCUT2D eigenvalue weighted by Gasteiger charge is -2.31. The van der Waals surface area contributed by atoms with Crippen LogP contribution in [0.4, 0.5) is 4.79 Å². The van der Waals surface area contributed by atoms with Gasteiger partial charge in [-0.25, -0.2) is 4.79 Å². The van der Waals surface area contributed by atoms with Crippen LogP contribution in [0.25, 0.3) is 0 Å². The minimum atomic E-state index is -0.393. The second kappa shape index (κ2) is 5.54. The Morgan fingerprint density at radius 3 is 2.54 bits per heavy atom. The number of ether oxygens (including phenoxy) is 1. The van der Waals surface area contributed by atoms with Crippen molar-refractivity contribution in [3.05, 3.63) is 41.1 Å². The van der Waals surface area contributed by atoms with Gasteiger partial charge in [0.2, 0.25) is 0 Å². The highest BCUT2D eigenvalue weighted by Gasteiger charge is 2.46. The smallest absolute Gasteiger partial charge is 0.322 e. The monoisotopic (exact) mass is 327 g/mol. The third-order valence-corrected chi connectivity index (χ3v) is 4.90. The number of carbonyl (C=O) groups excluding carboxylic acids is 2. The number of nitrogens with one attached hydrogen (secondary N) is 1. The fraction of sp³-hybridized carbons (Fsp3) is 0.444. The molecule has 6 nitrogen and oxygen atoms in total. The maximum atomic E-state index is 12.9. The minimum Gasteiger partial charge on any atom is -0.494 e. The van der Waals surface area contributed by atoms with Crippen LogP contribution in [0.2, 0.25) is 0 Å². The lowest BCUT2D eigenvalue weighted by Crippen LogP contribution is -2.45. The number of carbonyl (C=O) groups is 2. The first-order chi connectivity index (χ1) is 11.6. The maximum absolute atomic E-state index is 12.9. The summed E-state index contributed by atoms with van der Waals surface area (Å²) in [4.78, 5) is 28.7. The number of likely N-dealkylation sites (N-methyl/N-ethyl adjacent to an activating group) is 1. The van der Waals surface area contributed by atoms with Crippen molar-refractivity contribution in [1.82, 2.24) is 15.1 Å². The molecule has 0 spiro atoms. The molecule has 1 atom stereocenters. The predicted molar refractivity (Wildman–Crippen MR) is 88.4 cm³/mol. The zero-order chi connectivity index (χ0) is 16.8. The number of nitrogens with zero attached hydrogens (tertiary/aromatic N) is 2. The van der Waals surface area contributed by atoms with Gasteiger partial charge in [-0.3, -0.25) is 9.69 Å². The molecule has 1 unspecified atom stereocenters. The quantitative estimate of drug-likeness (QED) is 0.920. The van der Waals surface area contributed by atoms with Crippen molar-refractivity contribution in [2.24, 2.45) is 0 Å². The van der Waals surface area contributed by atoms with Gasteiger partial charge in [0.1, 0.15) is 5.75 Å². The van der Waals surface area contributed by atoms with Crippen molar-refractivity contribution in [2.75, 3.05) is 20.2 Å². The van der Waals surface area contributed by atoms with E-state index in [9.17, 15) is 9.59 Å². The predicted octanol–water partition coefficient (Wildman–Crippen LogP) is 2.04. The molecule has 1 saturated carbocycles. The minimum absolute atomic E-state index is 0.0539. The molecule has 4 rings (SSSR count). The Morgan fingerprint density at radius 2 is 1.92 bits per heavy atom. The van der Waals surface area contributed by atoms with Gasteiger partial charge in [-0.05, 0) is 37.5 Å². The van der Waals surface area contributed by atoms with Crippen LogP contribution in [0, 0.1) is 0 Å². The first-order valence-corrected chi connectivity index (χ1v) is 8.41. The van der Waals surface area contributed by atoms with Crippen molar-refractivity contribution in [3.8, 4) is 5.75 Å². The largest absolute Gasteiger partial charge is 0.494 e. The van der Waals surface area contributed by atoms with Crippen molar-refractivity contribution in [1.29, 1.82) is 0 Å². The van der Waals surface area contributed by atoms with Crippen LogP contribution in [0.15, 0.2) is 35.5 Å². The molecule has 1 fully saturated rings. The van der Waals surface area contributed by atoms with Gasteiger partial charge in [-0.2, -0.15) is 0 Å².